The second kappa shape index (κ2) is 8.28. The van der Waals surface area contributed by atoms with Gasteiger partial charge in [0.15, 0.2) is 5.16 Å². The molecule has 1 aliphatic carbocycles. The molecule has 9 heteroatoms. The predicted octanol–water partition coefficient (Wildman–Crippen LogP) is 1.34. The van der Waals surface area contributed by atoms with Crippen LogP contribution >= 0.6 is 11.8 Å². The van der Waals surface area contributed by atoms with E-state index < -0.39 is 0 Å². The molecule has 1 aromatic heterocycles. The third-order valence-electron chi connectivity index (χ3n) is 4.67. The number of ether oxygens (including phenoxy) is 1. The molecule has 1 fully saturated rings. The lowest BCUT2D eigenvalue weighted by atomic mass is 9.97. The summed E-state index contributed by atoms with van der Waals surface area (Å²) in [6, 6.07) is 0. The van der Waals surface area contributed by atoms with Gasteiger partial charge in [0.2, 0.25) is 0 Å². The van der Waals surface area contributed by atoms with Gasteiger partial charge in [-0.1, -0.05) is 30.0 Å². The lowest BCUT2D eigenvalue weighted by molar-refractivity contribution is -0.118. The van der Waals surface area contributed by atoms with E-state index in [4.69, 9.17) is 4.74 Å². The van der Waals surface area contributed by atoms with E-state index in [0.29, 0.717) is 11.6 Å². The number of aliphatic imine (C=N–C) groups is 2. The van der Waals surface area contributed by atoms with Gasteiger partial charge >= 0.3 is 0 Å². The monoisotopic (exact) mass is 386 g/mol. The maximum absolute atomic E-state index is 12.2. The van der Waals surface area contributed by atoms with Gasteiger partial charge < -0.3 is 9.30 Å². The number of hydrogen-bond acceptors (Lipinski definition) is 7. The number of amides is 1. The Hall–Kier alpha value is -2.10. The van der Waals surface area contributed by atoms with Crippen molar-refractivity contribution in [1.29, 1.82) is 0 Å². The molecular formula is C18H22N6O2S. The van der Waals surface area contributed by atoms with Gasteiger partial charge in [-0.15, -0.1) is 10.2 Å². The number of nitrogens with zero attached hydrogens (tertiary/aromatic N) is 6. The van der Waals surface area contributed by atoms with Crippen LogP contribution in [-0.2, 0) is 22.6 Å². The Morgan fingerprint density at radius 3 is 2.89 bits per heavy atom. The van der Waals surface area contributed by atoms with Crippen LogP contribution in [0.4, 0.5) is 0 Å². The van der Waals surface area contributed by atoms with Crippen LogP contribution in [0.2, 0.25) is 0 Å². The molecule has 4 rings (SSSR count). The van der Waals surface area contributed by atoms with Gasteiger partial charge in [-0.2, -0.15) is 4.99 Å². The Labute approximate surface area is 162 Å². The molecule has 0 saturated carbocycles. The highest BCUT2D eigenvalue weighted by atomic mass is 32.2. The van der Waals surface area contributed by atoms with E-state index in [9.17, 15) is 4.79 Å². The zero-order chi connectivity index (χ0) is 18.6. The fourth-order valence-corrected chi connectivity index (χ4v) is 4.11. The predicted molar refractivity (Wildman–Crippen MR) is 104 cm³/mol. The molecule has 8 nitrogen and oxygen atoms in total. The molecule has 1 saturated heterocycles. The number of amidine groups is 1. The van der Waals surface area contributed by atoms with Gasteiger partial charge in [0.05, 0.1) is 31.2 Å². The molecule has 0 aromatic carbocycles. The minimum absolute atomic E-state index is 0.152. The molecular weight excluding hydrogens is 364 g/mol. The maximum atomic E-state index is 12.2. The Morgan fingerprint density at radius 2 is 2.07 bits per heavy atom. The molecule has 0 spiro atoms. The molecule has 0 radical (unpaired) electrons. The number of aromatic nitrogens is 3. The maximum Gasteiger partial charge on any atom is 0.260 e. The van der Waals surface area contributed by atoms with Crippen LogP contribution < -0.4 is 0 Å². The molecule has 142 valence electrons. The number of hydrogen-bond donors (Lipinski definition) is 0. The summed E-state index contributed by atoms with van der Waals surface area (Å²) in [7, 11) is 0. The molecule has 0 N–H and O–H groups in total. The quantitative estimate of drug-likeness (QED) is 0.686. The summed E-state index contributed by atoms with van der Waals surface area (Å²) >= 11 is 1.52. The smallest absolute Gasteiger partial charge is 0.260 e. The van der Waals surface area contributed by atoms with Crippen LogP contribution in [0.5, 0.6) is 0 Å². The van der Waals surface area contributed by atoms with Gasteiger partial charge in [-0.3, -0.25) is 9.69 Å². The summed E-state index contributed by atoms with van der Waals surface area (Å²) in [5.74, 6) is 1.51. The highest BCUT2D eigenvalue weighted by molar-refractivity contribution is 7.99. The minimum atomic E-state index is -0.330. The highest BCUT2D eigenvalue weighted by Crippen LogP contribution is 2.22. The fourth-order valence-electron chi connectivity index (χ4n) is 3.23. The van der Waals surface area contributed by atoms with E-state index in [0.717, 1.165) is 56.1 Å². The molecule has 1 atom stereocenters. The van der Waals surface area contributed by atoms with Crippen LogP contribution in [0.25, 0.3) is 0 Å². The number of thioether (sulfide) groups is 1. The molecule has 1 unspecified atom stereocenters. The number of carbonyl (C=O) groups excluding carboxylic acids is 1. The number of carbonyl (C=O) groups is 1. The largest absolute Gasteiger partial charge is 0.379 e. The molecule has 3 heterocycles. The van der Waals surface area contributed by atoms with E-state index in [1.165, 1.54) is 11.8 Å². The zero-order valence-corrected chi connectivity index (χ0v) is 16.1. The molecule has 3 aliphatic rings. The standard InChI is InChI=1S/C18H22N6O2S/c1-2-24-16(11-23-7-9-26-10-8-23)21-22-18(24)27-12-15-19-14-6-4-3-5-13(14)17(25)20-15/h3-6,13H,2,7-12H2,1H3. The lowest BCUT2D eigenvalue weighted by Crippen LogP contribution is -2.36. The molecule has 1 aromatic rings. The van der Waals surface area contributed by atoms with Crippen molar-refractivity contribution in [2.45, 2.75) is 25.2 Å². The van der Waals surface area contributed by atoms with E-state index in [1.54, 1.807) is 0 Å². The van der Waals surface area contributed by atoms with Gasteiger partial charge in [-0.25, -0.2) is 4.99 Å². The number of rotatable bonds is 6. The first kappa shape index (κ1) is 18.3. The van der Waals surface area contributed by atoms with Crippen LogP contribution in [0.3, 0.4) is 0 Å². The highest BCUT2D eigenvalue weighted by Gasteiger charge is 2.26. The summed E-state index contributed by atoms with van der Waals surface area (Å²) in [6.45, 7) is 7.01. The first-order valence-electron chi connectivity index (χ1n) is 9.14. The Morgan fingerprint density at radius 1 is 1.22 bits per heavy atom. The van der Waals surface area contributed by atoms with Crippen molar-refractivity contribution in [3.63, 3.8) is 0 Å². The zero-order valence-electron chi connectivity index (χ0n) is 15.2. The first-order valence-corrected chi connectivity index (χ1v) is 10.1. The van der Waals surface area contributed by atoms with E-state index in [2.05, 4.69) is 36.6 Å². The minimum Gasteiger partial charge on any atom is -0.379 e. The summed E-state index contributed by atoms with van der Waals surface area (Å²) in [5, 5.41) is 9.54. The van der Waals surface area contributed by atoms with Crippen LogP contribution in [-0.4, -0.2) is 69.2 Å². The van der Waals surface area contributed by atoms with E-state index in [-0.39, 0.29) is 11.8 Å². The summed E-state index contributed by atoms with van der Waals surface area (Å²) in [4.78, 5) is 23.2. The van der Waals surface area contributed by atoms with Crippen molar-refractivity contribution in [3.8, 4) is 0 Å². The second-order valence-corrected chi connectivity index (χ2v) is 7.39. The second-order valence-electron chi connectivity index (χ2n) is 6.44. The van der Waals surface area contributed by atoms with Crippen molar-refractivity contribution in [3.05, 3.63) is 30.1 Å². The van der Waals surface area contributed by atoms with Crippen molar-refractivity contribution in [2.75, 3.05) is 32.1 Å². The molecule has 27 heavy (non-hydrogen) atoms. The first-order chi connectivity index (χ1) is 13.2. The molecule has 0 bridgehead atoms. The lowest BCUT2D eigenvalue weighted by Gasteiger charge is -2.26. The Bertz CT molecular complexity index is 835. The number of morpholine rings is 1. The van der Waals surface area contributed by atoms with Crippen molar-refractivity contribution >= 4 is 29.2 Å². The molecule has 2 aliphatic heterocycles. The summed E-state index contributed by atoms with van der Waals surface area (Å²) in [5.41, 5.74) is 0.762. The third-order valence-corrected chi connectivity index (χ3v) is 5.64. The van der Waals surface area contributed by atoms with Gasteiger partial charge in [0.25, 0.3) is 5.91 Å². The average Bonchev–Trinajstić information content (AvgIpc) is 3.08. The normalized spacial score (nSPS) is 22.6. The third kappa shape index (κ3) is 4.10. The van der Waals surface area contributed by atoms with Gasteiger partial charge in [0, 0.05) is 19.6 Å². The van der Waals surface area contributed by atoms with Crippen molar-refractivity contribution in [2.24, 2.45) is 15.9 Å². The van der Waals surface area contributed by atoms with E-state index >= 15 is 0 Å². The SMILES string of the molecule is CCn1c(CN2CCOCC2)nnc1SCC1=NC(=O)C2C=CC=CC2=N1. The van der Waals surface area contributed by atoms with Gasteiger partial charge in [0.1, 0.15) is 17.6 Å². The van der Waals surface area contributed by atoms with Crippen LogP contribution in [0, 0.1) is 5.92 Å². The number of allylic oxidation sites excluding steroid dienone is 3. The van der Waals surface area contributed by atoms with E-state index in [1.807, 2.05) is 24.3 Å². The Kier molecular flexibility index (Phi) is 5.61. The summed E-state index contributed by atoms with van der Waals surface area (Å²) in [6.07, 6.45) is 7.46. The number of fused-ring (bicyclic) bond motifs is 1. The molecule has 1 amide bonds. The Balaban J connectivity index is 1.42. The summed E-state index contributed by atoms with van der Waals surface area (Å²) < 4.78 is 7.52. The van der Waals surface area contributed by atoms with Crippen molar-refractivity contribution < 1.29 is 9.53 Å². The topological polar surface area (TPSA) is 85.0 Å². The van der Waals surface area contributed by atoms with Crippen molar-refractivity contribution in [1.82, 2.24) is 19.7 Å². The van der Waals surface area contributed by atoms with Crippen LogP contribution in [0.1, 0.15) is 12.7 Å². The average molecular weight is 386 g/mol. The fraction of sp³-hybridized carbons (Fsp3) is 0.500. The van der Waals surface area contributed by atoms with Gasteiger partial charge in [-0.05, 0) is 13.0 Å². The van der Waals surface area contributed by atoms with Crippen LogP contribution in [0.15, 0.2) is 39.4 Å².